The number of hydrogen-bond acceptors (Lipinski definition) is 1. The molecule has 1 aliphatic heterocycles. The van der Waals surface area contributed by atoms with Crippen molar-refractivity contribution in [3.63, 3.8) is 0 Å². The summed E-state index contributed by atoms with van der Waals surface area (Å²) in [7, 11) is 0. The van der Waals surface area contributed by atoms with E-state index in [0.717, 1.165) is 5.69 Å². The normalized spacial score (nSPS) is 24.1. The van der Waals surface area contributed by atoms with Crippen LogP contribution in [0.4, 0.5) is 5.69 Å². The summed E-state index contributed by atoms with van der Waals surface area (Å²) in [6.07, 6.45) is 0. The van der Waals surface area contributed by atoms with Gasteiger partial charge in [-0.25, -0.2) is 0 Å². The Kier molecular flexibility index (Phi) is 2.70. The summed E-state index contributed by atoms with van der Waals surface area (Å²) in [6, 6.07) is 8.24. The summed E-state index contributed by atoms with van der Waals surface area (Å²) in [5.74, 6) is 0.417. The summed E-state index contributed by atoms with van der Waals surface area (Å²) in [4.78, 5) is 13.5. The highest BCUT2D eigenvalue weighted by atomic mass is 35.5. The Balaban J connectivity index is 2.46. The van der Waals surface area contributed by atoms with E-state index in [1.54, 1.807) is 0 Å². The Bertz CT molecular complexity index is 391. The maximum absolute atomic E-state index is 11.7. The first-order chi connectivity index (χ1) is 7.16. The van der Waals surface area contributed by atoms with Crippen LogP contribution in [0.15, 0.2) is 24.3 Å². The van der Waals surface area contributed by atoms with E-state index in [0.29, 0.717) is 5.92 Å². The first-order valence-electron chi connectivity index (χ1n) is 5.13. The van der Waals surface area contributed by atoms with E-state index >= 15 is 0 Å². The first-order valence-corrected chi connectivity index (χ1v) is 5.67. The van der Waals surface area contributed by atoms with Crippen LogP contribution in [0.1, 0.15) is 25.3 Å². The van der Waals surface area contributed by atoms with E-state index in [-0.39, 0.29) is 17.8 Å². The van der Waals surface area contributed by atoms with Crippen molar-refractivity contribution in [1.82, 2.24) is 0 Å². The van der Waals surface area contributed by atoms with E-state index in [9.17, 15) is 4.79 Å². The third-order valence-corrected chi connectivity index (χ3v) is 3.43. The van der Waals surface area contributed by atoms with E-state index in [1.165, 1.54) is 5.56 Å². The maximum Gasteiger partial charge on any atom is 0.242 e. The van der Waals surface area contributed by atoms with Crippen LogP contribution in [0.2, 0.25) is 0 Å². The largest absolute Gasteiger partial charge is 0.308 e. The maximum atomic E-state index is 11.7. The standard InChI is InChI=1S/C12H14ClNO/c1-8-9(2)14(12(15)7-13)11-6-4-3-5-10(8)11/h3-6,8-9H,7H2,1-2H3/t8-,9+/m0/s1. The Hall–Kier alpha value is -1.02. The number of alkyl halides is 1. The van der Waals surface area contributed by atoms with Gasteiger partial charge in [0.25, 0.3) is 0 Å². The Morgan fingerprint density at radius 3 is 2.73 bits per heavy atom. The molecule has 80 valence electrons. The molecule has 1 aromatic carbocycles. The van der Waals surface area contributed by atoms with Crippen molar-refractivity contribution >= 4 is 23.2 Å². The fraction of sp³-hybridized carbons (Fsp3) is 0.417. The summed E-state index contributed by atoms with van der Waals surface area (Å²) in [5.41, 5.74) is 2.26. The number of rotatable bonds is 1. The minimum atomic E-state index is -0.0130. The molecular formula is C12H14ClNO. The zero-order valence-corrected chi connectivity index (χ0v) is 9.66. The number of nitrogens with zero attached hydrogens (tertiary/aromatic N) is 1. The van der Waals surface area contributed by atoms with Gasteiger partial charge in [0.1, 0.15) is 5.88 Å². The average molecular weight is 224 g/mol. The molecule has 1 aromatic rings. The molecular weight excluding hydrogens is 210 g/mol. The van der Waals surface area contributed by atoms with Crippen LogP contribution in [0.25, 0.3) is 0 Å². The predicted molar refractivity (Wildman–Crippen MR) is 62.5 cm³/mol. The third-order valence-electron chi connectivity index (χ3n) is 3.20. The monoisotopic (exact) mass is 223 g/mol. The fourth-order valence-corrected chi connectivity index (χ4v) is 2.35. The molecule has 2 rings (SSSR count). The van der Waals surface area contributed by atoms with Gasteiger partial charge in [0.05, 0.1) is 0 Å². The van der Waals surface area contributed by atoms with Crippen LogP contribution in [-0.2, 0) is 4.79 Å². The molecule has 15 heavy (non-hydrogen) atoms. The number of anilines is 1. The molecule has 0 aliphatic carbocycles. The lowest BCUT2D eigenvalue weighted by Crippen LogP contribution is -2.37. The number of amides is 1. The van der Waals surface area contributed by atoms with Crippen molar-refractivity contribution in [2.75, 3.05) is 10.8 Å². The molecule has 0 spiro atoms. The summed E-state index contributed by atoms with van der Waals surface area (Å²) >= 11 is 5.62. The highest BCUT2D eigenvalue weighted by Gasteiger charge is 2.35. The summed E-state index contributed by atoms with van der Waals surface area (Å²) < 4.78 is 0. The summed E-state index contributed by atoms with van der Waals surface area (Å²) in [5, 5.41) is 0. The fourth-order valence-electron chi connectivity index (χ4n) is 2.22. The van der Waals surface area contributed by atoms with Crippen LogP contribution in [0.3, 0.4) is 0 Å². The van der Waals surface area contributed by atoms with Gasteiger partial charge >= 0.3 is 0 Å². The highest BCUT2D eigenvalue weighted by Crippen LogP contribution is 2.40. The number of carbonyl (C=O) groups is 1. The second-order valence-corrected chi connectivity index (χ2v) is 4.25. The van der Waals surface area contributed by atoms with E-state index in [4.69, 9.17) is 11.6 Å². The number of hydrogen-bond donors (Lipinski definition) is 0. The van der Waals surface area contributed by atoms with Gasteiger partial charge < -0.3 is 4.90 Å². The number of benzene rings is 1. The molecule has 0 fully saturated rings. The summed E-state index contributed by atoms with van der Waals surface area (Å²) in [6.45, 7) is 4.21. The van der Waals surface area contributed by atoms with Gasteiger partial charge in [-0.15, -0.1) is 11.6 Å². The molecule has 0 bridgehead atoms. The SMILES string of the molecule is C[C@@H]1c2ccccc2N(C(=O)CCl)[C@@H]1C. The molecule has 0 unspecified atom stereocenters. The zero-order valence-electron chi connectivity index (χ0n) is 8.90. The highest BCUT2D eigenvalue weighted by molar-refractivity contribution is 6.29. The van der Waals surface area contributed by atoms with Crippen LogP contribution in [-0.4, -0.2) is 17.8 Å². The van der Waals surface area contributed by atoms with Crippen molar-refractivity contribution in [3.8, 4) is 0 Å². The van der Waals surface area contributed by atoms with Crippen molar-refractivity contribution in [2.45, 2.75) is 25.8 Å². The number of halogens is 1. The zero-order chi connectivity index (χ0) is 11.0. The third kappa shape index (κ3) is 1.53. The molecule has 0 aromatic heterocycles. The smallest absolute Gasteiger partial charge is 0.242 e. The lowest BCUT2D eigenvalue weighted by Gasteiger charge is -2.23. The van der Waals surface area contributed by atoms with E-state index in [1.807, 2.05) is 23.1 Å². The minimum absolute atomic E-state index is 0.0130. The quantitative estimate of drug-likeness (QED) is 0.671. The number of fused-ring (bicyclic) bond motifs is 1. The van der Waals surface area contributed by atoms with E-state index < -0.39 is 0 Å². The van der Waals surface area contributed by atoms with Gasteiger partial charge in [0.2, 0.25) is 5.91 Å². The Labute approximate surface area is 94.8 Å². The Morgan fingerprint density at radius 1 is 1.40 bits per heavy atom. The molecule has 0 N–H and O–H groups in total. The first kappa shape index (κ1) is 10.5. The second-order valence-electron chi connectivity index (χ2n) is 3.99. The van der Waals surface area contributed by atoms with Crippen LogP contribution < -0.4 is 4.90 Å². The minimum Gasteiger partial charge on any atom is -0.308 e. The molecule has 2 atom stereocenters. The number of carbonyl (C=O) groups excluding carboxylic acids is 1. The molecule has 0 saturated carbocycles. The predicted octanol–water partition coefficient (Wildman–Crippen LogP) is 2.76. The van der Waals surface area contributed by atoms with Crippen LogP contribution in [0.5, 0.6) is 0 Å². The van der Waals surface area contributed by atoms with Crippen LogP contribution >= 0.6 is 11.6 Å². The van der Waals surface area contributed by atoms with Gasteiger partial charge in [0, 0.05) is 17.6 Å². The molecule has 1 heterocycles. The molecule has 0 radical (unpaired) electrons. The second kappa shape index (κ2) is 3.86. The van der Waals surface area contributed by atoms with Gasteiger partial charge in [-0.2, -0.15) is 0 Å². The average Bonchev–Trinajstić information content (AvgIpc) is 2.52. The van der Waals surface area contributed by atoms with Gasteiger partial charge in [-0.3, -0.25) is 4.79 Å². The van der Waals surface area contributed by atoms with Crippen molar-refractivity contribution in [1.29, 1.82) is 0 Å². The van der Waals surface area contributed by atoms with Gasteiger partial charge in [0.15, 0.2) is 0 Å². The molecule has 3 heteroatoms. The topological polar surface area (TPSA) is 20.3 Å². The van der Waals surface area contributed by atoms with Crippen molar-refractivity contribution < 1.29 is 4.79 Å². The van der Waals surface area contributed by atoms with Crippen molar-refractivity contribution in [2.24, 2.45) is 0 Å². The lowest BCUT2D eigenvalue weighted by atomic mass is 9.98. The van der Waals surface area contributed by atoms with Gasteiger partial charge in [-0.1, -0.05) is 25.1 Å². The lowest BCUT2D eigenvalue weighted by molar-refractivity contribution is -0.116. The Morgan fingerprint density at radius 2 is 2.07 bits per heavy atom. The number of para-hydroxylation sites is 1. The van der Waals surface area contributed by atoms with Gasteiger partial charge in [-0.05, 0) is 18.6 Å². The van der Waals surface area contributed by atoms with Crippen LogP contribution in [0, 0.1) is 0 Å². The van der Waals surface area contributed by atoms with E-state index in [2.05, 4.69) is 19.9 Å². The van der Waals surface area contributed by atoms with Crippen molar-refractivity contribution in [3.05, 3.63) is 29.8 Å². The molecule has 0 saturated heterocycles. The molecule has 2 nitrogen and oxygen atoms in total. The molecule has 1 aliphatic rings. The molecule has 1 amide bonds.